The van der Waals surface area contributed by atoms with Crippen molar-refractivity contribution in [1.82, 2.24) is 10.4 Å². The van der Waals surface area contributed by atoms with Crippen LogP contribution in [0.15, 0.2) is 53.9 Å². The quantitative estimate of drug-likeness (QED) is 0.369. The number of hydrogen-bond donors (Lipinski definition) is 2. The SMILES string of the molecule is CCOC(=O)c1ccc(NC(=O)C(=O)N/N=C\c2ccncc2)cc1. The zero-order chi connectivity index (χ0) is 18.1. The predicted octanol–water partition coefficient (Wildman–Crippen LogP) is 1.35. The predicted molar refractivity (Wildman–Crippen MR) is 91.0 cm³/mol. The van der Waals surface area contributed by atoms with Crippen LogP contribution in [0.4, 0.5) is 5.69 Å². The lowest BCUT2D eigenvalue weighted by Crippen LogP contribution is -2.32. The van der Waals surface area contributed by atoms with Gasteiger partial charge in [0.1, 0.15) is 0 Å². The molecule has 0 spiro atoms. The molecule has 0 fully saturated rings. The van der Waals surface area contributed by atoms with Crippen molar-refractivity contribution >= 4 is 29.7 Å². The third kappa shape index (κ3) is 5.54. The van der Waals surface area contributed by atoms with Crippen molar-refractivity contribution in [3.8, 4) is 0 Å². The van der Waals surface area contributed by atoms with Crippen LogP contribution >= 0.6 is 0 Å². The number of benzene rings is 1. The first kappa shape index (κ1) is 17.8. The highest BCUT2D eigenvalue weighted by atomic mass is 16.5. The molecule has 128 valence electrons. The van der Waals surface area contributed by atoms with Crippen molar-refractivity contribution in [1.29, 1.82) is 0 Å². The summed E-state index contributed by atoms with van der Waals surface area (Å²) in [7, 11) is 0. The molecule has 8 heteroatoms. The van der Waals surface area contributed by atoms with Crippen LogP contribution in [0, 0.1) is 0 Å². The molecule has 2 amide bonds. The Balaban J connectivity index is 1.87. The topological polar surface area (TPSA) is 110 Å². The minimum atomic E-state index is -0.917. The highest BCUT2D eigenvalue weighted by Crippen LogP contribution is 2.10. The highest BCUT2D eigenvalue weighted by molar-refractivity contribution is 6.39. The zero-order valence-electron chi connectivity index (χ0n) is 13.4. The van der Waals surface area contributed by atoms with Gasteiger partial charge in [0.2, 0.25) is 0 Å². The number of esters is 1. The number of rotatable bonds is 5. The number of ether oxygens (including phenoxy) is 1. The van der Waals surface area contributed by atoms with Crippen molar-refractivity contribution in [3.05, 3.63) is 59.9 Å². The van der Waals surface area contributed by atoms with E-state index in [0.717, 1.165) is 5.56 Å². The van der Waals surface area contributed by atoms with E-state index in [0.29, 0.717) is 11.3 Å². The molecule has 8 nitrogen and oxygen atoms in total. The summed E-state index contributed by atoms with van der Waals surface area (Å²) in [6.45, 7) is 1.99. The van der Waals surface area contributed by atoms with Gasteiger partial charge in [-0.15, -0.1) is 0 Å². The summed E-state index contributed by atoms with van der Waals surface area (Å²) in [5.74, 6) is -2.25. The lowest BCUT2D eigenvalue weighted by atomic mass is 10.2. The first-order valence-corrected chi connectivity index (χ1v) is 7.41. The number of hydrazone groups is 1. The fourth-order valence-corrected chi connectivity index (χ4v) is 1.76. The Kier molecular flexibility index (Phi) is 6.35. The number of hydrogen-bond acceptors (Lipinski definition) is 6. The van der Waals surface area contributed by atoms with E-state index in [2.05, 4.69) is 20.8 Å². The van der Waals surface area contributed by atoms with E-state index in [1.165, 1.54) is 30.5 Å². The maximum absolute atomic E-state index is 11.8. The second kappa shape index (κ2) is 8.92. The third-order valence-electron chi connectivity index (χ3n) is 2.95. The maximum atomic E-state index is 11.8. The molecule has 25 heavy (non-hydrogen) atoms. The van der Waals surface area contributed by atoms with E-state index < -0.39 is 17.8 Å². The van der Waals surface area contributed by atoms with Crippen LogP contribution in [0.25, 0.3) is 0 Å². The summed E-state index contributed by atoms with van der Waals surface area (Å²) in [5, 5.41) is 6.09. The molecular formula is C17H16N4O4. The normalized spacial score (nSPS) is 10.3. The second-order valence-electron chi connectivity index (χ2n) is 4.73. The molecule has 1 heterocycles. The Bertz CT molecular complexity index is 773. The Morgan fingerprint density at radius 3 is 2.40 bits per heavy atom. The summed E-state index contributed by atoms with van der Waals surface area (Å²) in [6.07, 6.45) is 4.55. The smallest absolute Gasteiger partial charge is 0.338 e. The summed E-state index contributed by atoms with van der Waals surface area (Å²) in [5.41, 5.74) is 3.57. The molecule has 0 unspecified atom stereocenters. The maximum Gasteiger partial charge on any atom is 0.338 e. The average Bonchev–Trinajstić information content (AvgIpc) is 2.63. The molecule has 0 aliphatic rings. The first-order valence-electron chi connectivity index (χ1n) is 7.41. The average molecular weight is 340 g/mol. The van der Waals surface area contributed by atoms with Crippen molar-refractivity contribution in [2.24, 2.45) is 5.10 Å². The van der Waals surface area contributed by atoms with Crippen LogP contribution in [0.2, 0.25) is 0 Å². The summed E-state index contributed by atoms with van der Waals surface area (Å²) < 4.78 is 4.86. The number of aromatic nitrogens is 1. The number of nitrogens with zero attached hydrogens (tertiary/aromatic N) is 2. The Morgan fingerprint density at radius 1 is 1.08 bits per heavy atom. The van der Waals surface area contributed by atoms with Crippen LogP contribution in [0.1, 0.15) is 22.8 Å². The monoisotopic (exact) mass is 340 g/mol. The molecule has 2 aromatic rings. The highest BCUT2D eigenvalue weighted by Gasteiger charge is 2.13. The van der Waals surface area contributed by atoms with E-state index in [1.807, 2.05) is 0 Å². The molecule has 2 N–H and O–H groups in total. The Labute approximate surface area is 143 Å². The summed E-state index contributed by atoms with van der Waals surface area (Å²) in [4.78, 5) is 38.8. The first-order chi connectivity index (χ1) is 12.1. The van der Waals surface area contributed by atoms with Gasteiger partial charge in [-0.25, -0.2) is 10.2 Å². The number of carbonyl (C=O) groups excluding carboxylic acids is 3. The number of carbonyl (C=O) groups is 3. The molecule has 0 bridgehead atoms. The van der Waals surface area contributed by atoms with Crippen LogP contribution in [0.5, 0.6) is 0 Å². The number of pyridine rings is 1. The van der Waals surface area contributed by atoms with Crippen molar-refractivity contribution in [2.45, 2.75) is 6.92 Å². The van der Waals surface area contributed by atoms with Gasteiger partial charge in [-0.05, 0) is 48.9 Å². The van der Waals surface area contributed by atoms with E-state index in [9.17, 15) is 14.4 Å². The van der Waals surface area contributed by atoms with Crippen LogP contribution in [-0.4, -0.2) is 35.6 Å². The van der Waals surface area contributed by atoms with E-state index >= 15 is 0 Å². The molecule has 0 saturated heterocycles. The molecule has 0 aliphatic heterocycles. The molecule has 0 radical (unpaired) electrons. The zero-order valence-corrected chi connectivity index (χ0v) is 13.4. The second-order valence-corrected chi connectivity index (χ2v) is 4.73. The van der Waals surface area contributed by atoms with Gasteiger partial charge in [-0.1, -0.05) is 0 Å². The Morgan fingerprint density at radius 2 is 1.76 bits per heavy atom. The fourth-order valence-electron chi connectivity index (χ4n) is 1.76. The molecule has 0 saturated carbocycles. The van der Waals surface area contributed by atoms with Gasteiger partial charge in [-0.2, -0.15) is 5.10 Å². The van der Waals surface area contributed by atoms with Crippen molar-refractivity contribution in [2.75, 3.05) is 11.9 Å². The molecule has 0 aliphatic carbocycles. The van der Waals surface area contributed by atoms with Gasteiger partial charge < -0.3 is 10.1 Å². The molecule has 1 aromatic heterocycles. The molecule has 0 atom stereocenters. The third-order valence-corrected chi connectivity index (χ3v) is 2.95. The van der Waals surface area contributed by atoms with Gasteiger partial charge in [0.15, 0.2) is 0 Å². The number of nitrogens with one attached hydrogen (secondary N) is 2. The molecule has 2 rings (SSSR count). The number of amides is 2. The number of anilines is 1. The lowest BCUT2D eigenvalue weighted by Gasteiger charge is -2.05. The van der Waals surface area contributed by atoms with Gasteiger partial charge in [-0.3, -0.25) is 14.6 Å². The van der Waals surface area contributed by atoms with Crippen LogP contribution in [-0.2, 0) is 14.3 Å². The summed E-state index contributed by atoms with van der Waals surface area (Å²) >= 11 is 0. The fraction of sp³-hybridized carbons (Fsp3) is 0.118. The van der Waals surface area contributed by atoms with E-state index in [4.69, 9.17) is 4.74 Å². The minimum Gasteiger partial charge on any atom is -0.462 e. The summed E-state index contributed by atoms with van der Waals surface area (Å²) in [6, 6.07) is 9.37. The van der Waals surface area contributed by atoms with E-state index in [1.54, 1.807) is 31.5 Å². The van der Waals surface area contributed by atoms with Crippen LogP contribution in [0.3, 0.4) is 0 Å². The van der Waals surface area contributed by atoms with Gasteiger partial charge >= 0.3 is 17.8 Å². The van der Waals surface area contributed by atoms with Gasteiger partial charge in [0.25, 0.3) is 0 Å². The Hall–Kier alpha value is -3.55. The van der Waals surface area contributed by atoms with E-state index in [-0.39, 0.29) is 6.61 Å². The minimum absolute atomic E-state index is 0.275. The van der Waals surface area contributed by atoms with Crippen molar-refractivity contribution in [3.63, 3.8) is 0 Å². The van der Waals surface area contributed by atoms with Gasteiger partial charge in [0.05, 0.1) is 18.4 Å². The standard InChI is InChI=1S/C17H16N4O4/c1-2-25-17(24)13-3-5-14(6-4-13)20-15(22)16(23)21-19-11-12-7-9-18-10-8-12/h3-11H,2H2,1H3,(H,20,22)(H,21,23)/b19-11-. The lowest BCUT2D eigenvalue weighted by molar-refractivity contribution is -0.136. The molecular weight excluding hydrogens is 324 g/mol. The van der Waals surface area contributed by atoms with Crippen molar-refractivity contribution < 1.29 is 19.1 Å². The molecule has 1 aromatic carbocycles. The van der Waals surface area contributed by atoms with Crippen LogP contribution < -0.4 is 10.7 Å². The van der Waals surface area contributed by atoms with Gasteiger partial charge in [0, 0.05) is 18.1 Å². The largest absolute Gasteiger partial charge is 0.462 e.